The SMILES string of the molecule is COc1ccc(C2CCC(CN(C(=O)C3CCCCC3)c3cccc(-c4coc(C5CC5)n4)c3)CC2)cc1C#N. The van der Waals surface area contributed by atoms with E-state index < -0.39 is 0 Å². The Hall–Kier alpha value is -3.59. The van der Waals surface area contributed by atoms with E-state index in [0.717, 1.165) is 93.6 Å². The number of amides is 1. The highest BCUT2D eigenvalue weighted by atomic mass is 16.5. The third-order valence-electron chi connectivity index (χ3n) is 9.23. The quantitative estimate of drug-likeness (QED) is 0.291. The lowest BCUT2D eigenvalue weighted by atomic mass is 9.78. The maximum Gasteiger partial charge on any atom is 0.230 e. The first-order chi connectivity index (χ1) is 19.6. The number of rotatable bonds is 8. The molecule has 2 aromatic carbocycles. The molecule has 3 aromatic rings. The molecule has 3 aliphatic carbocycles. The smallest absolute Gasteiger partial charge is 0.230 e. The zero-order valence-corrected chi connectivity index (χ0v) is 23.5. The van der Waals surface area contributed by atoms with Crippen LogP contribution in [-0.4, -0.2) is 24.5 Å². The molecule has 3 saturated carbocycles. The number of methoxy groups -OCH3 is 1. The van der Waals surface area contributed by atoms with Crippen molar-refractivity contribution in [1.82, 2.24) is 4.98 Å². The molecule has 3 aliphatic rings. The molecular formula is C34H39N3O3. The van der Waals surface area contributed by atoms with E-state index in [-0.39, 0.29) is 11.8 Å². The molecule has 0 radical (unpaired) electrons. The van der Waals surface area contributed by atoms with Gasteiger partial charge in [-0.3, -0.25) is 4.79 Å². The summed E-state index contributed by atoms with van der Waals surface area (Å²) in [6, 6.07) is 16.6. The van der Waals surface area contributed by atoms with E-state index in [1.165, 1.54) is 12.0 Å². The van der Waals surface area contributed by atoms with Crippen molar-refractivity contribution in [3.05, 3.63) is 65.7 Å². The first kappa shape index (κ1) is 26.6. The Bertz CT molecular complexity index is 1370. The van der Waals surface area contributed by atoms with Gasteiger partial charge in [0.1, 0.15) is 23.8 Å². The van der Waals surface area contributed by atoms with Gasteiger partial charge in [0, 0.05) is 29.6 Å². The summed E-state index contributed by atoms with van der Waals surface area (Å²) in [6.45, 7) is 0.754. The topological polar surface area (TPSA) is 79.4 Å². The molecule has 0 unspecified atom stereocenters. The van der Waals surface area contributed by atoms with E-state index in [0.29, 0.717) is 29.1 Å². The molecule has 1 aromatic heterocycles. The van der Waals surface area contributed by atoms with Crippen LogP contribution in [0.4, 0.5) is 5.69 Å². The van der Waals surface area contributed by atoms with E-state index in [4.69, 9.17) is 14.1 Å². The highest BCUT2D eigenvalue weighted by Crippen LogP contribution is 2.41. The lowest BCUT2D eigenvalue weighted by Gasteiger charge is -2.35. The third-order valence-corrected chi connectivity index (χ3v) is 9.23. The number of hydrogen-bond acceptors (Lipinski definition) is 5. The first-order valence-corrected chi connectivity index (χ1v) is 15.1. The number of ether oxygens (including phenoxy) is 1. The monoisotopic (exact) mass is 537 g/mol. The van der Waals surface area contributed by atoms with Crippen LogP contribution in [0, 0.1) is 23.2 Å². The highest BCUT2D eigenvalue weighted by molar-refractivity contribution is 5.95. The average molecular weight is 538 g/mol. The normalized spacial score (nSPS) is 21.5. The van der Waals surface area contributed by atoms with Gasteiger partial charge in [-0.1, -0.05) is 37.5 Å². The number of anilines is 1. The summed E-state index contributed by atoms with van der Waals surface area (Å²) in [4.78, 5) is 20.8. The van der Waals surface area contributed by atoms with Crippen LogP contribution in [0.5, 0.6) is 5.75 Å². The van der Waals surface area contributed by atoms with Crippen LogP contribution in [0.15, 0.2) is 53.1 Å². The number of oxazole rings is 1. The molecule has 0 N–H and O–H groups in total. The van der Waals surface area contributed by atoms with Crippen molar-refractivity contribution >= 4 is 11.6 Å². The number of nitrogens with zero attached hydrogens (tertiary/aromatic N) is 3. The molecule has 208 valence electrons. The minimum Gasteiger partial charge on any atom is -0.495 e. The molecule has 0 saturated heterocycles. The van der Waals surface area contributed by atoms with Crippen LogP contribution in [0.2, 0.25) is 0 Å². The van der Waals surface area contributed by atoms with Crippen molar-refractivity contribution in [2.45, 2.75) is 82.5 Å². The van der Waals surface area contributed by atoms with Crippen LogP contribution < -0.4 is 9.64 Å². The van der Waals surface area contributed by atoms with Gasteiger partial charge < -0.3 is 14.1 Å². The van der Waals surface area contributed by atoms with Crippen LogP contribution in [0.3, 0.4) is 0 Å². The van der Waals surface area contributed by atoms with Crippen LogP contribution in [-0.2, 0) is 4.79 Å². The van der Waals surface area contributed by atoms with Crippen LogP contribution >= 0.6 is 0 Å². The zero-order valence-electron chi connectivity index (χ0n) is 23.5. The molecule has 6 heteroatoms. The van der Waals surface area contributed by atoms with Crippen molar-refractivity contribution in [1.29, 1.82) is 5.26 Å². The lowest BCUT2D eigenvalue weighted by molar-refractivity contribution is -0.123. The van der Waals surface area contributed by atoms with Gasteiger partial charge in [-0.15, -0.1) is 0 Å². The Morgan fingerprint density at radius 3 is 2.50 bits per heavy atom. The van der Waals surface area contributed by atoms with Crippen LogP contribution in [0.25, 0.3) is 11.3 Å². The number of hydrogen-bond donors (Lipinski definition) is 0. The Labute approximate surface area is 237 Å². The van der Waals surface area contributed by atoms with Gasteiger partial charge >= 0.3 is 0 Å². The first-order valence-electron chi connectivity index (χ1n) is 15.1. The Balaban J connectivity index is 1.19. The van der Waals surface area contributed by atoms with Gasteiger partial charge in [0.2, 0.25) is 5.91 Å². The van der Waals surface area contributed by atoms with Gasteiger partial charge in [0.15, 0.2) is 5.89 Å². The van der Waals surface area contributed by atoms with Gasteiger partial charge in [0.05, 0.1) is 12.7 Å². The lowest BCUT2D eigenvalue weighted by Crippen LogP contribution is -2.41. The number of benzene rings is 2. The summed E-state index contributed by atoms with van der Waals surface area (Å²) >= 11 is 0. The number of carbonyl (C=O) groups is 1. The number of aromatic nitrogens is 1. The summed E-state index contributed by atoms with van der Waals surface area (Å²) < 4.78 is 11.1. The minimum atomic E-state index is 0.117. The fraction of sp³-hybridized carbons (Fsp3) is 0.500. The molecule has 1 amide bonds. The van der Waals surface area contributed by atoms with Crippen molar-refractivity contribution < 1.29 is 13.9 Å². The Morgan fingerprint density at radius 2 is 1.77 bits per heavy atom. The number of carbonyl (C=O) groups excluding carboxylic acids is 1. The molecule has 3 fully saturated rings. The summed E-state index contributed by atoms with van der Waals surface area (Å²) in [5, 5.41) is 9.53. The molecule has 6 nitrogen and oxygen atoms in total. The molecule has 1 heterocycles. The summed E-state index contributed by atoms with van der Waals surface area (Å²) in [5.41, 5.74) is 4.65. The van der Waals surface area contributed by atoms with Crippen molar-refractivity contribution in [3.63, 3.8) is 0 Å². The second-order valence-electron chi connectivity index (χ2n) is 12.0. The maximum absolute atomic E-state index is 14.0. The molecular weight excluding hydrogens is 498 g/mol. The van der Waals surface area contributed by atoms with Gasteiger partial charge in [-0.2, -0.15) is 5.26 Å². The minimum absolute atomic E-state index is 0.117. The molecule has 0 atom stereocenters. The van der Waals surface area contributed by atoms with E-state index in [2.05, 4.69) is 35.2 Å². The molecule has 0 bridgehead atoms. The zero-order chi connectivity index (χ0) is 27.5. The van der Waals surface area contributed by atoms with Crippen molar-refractivity contribution in [2.24, 2.45) is 11.8 Å². The largest absolute Gasteiger partial charge is 0.495 e. The van der Waals surface area contributed by atoms with E-state index >= 15 is 0 Å². The van der Waals surface area contributed by atoms with Crippen molar-refractivity contribution in [2.75, 3.05) is 18.6 Å². The second kappa shape index (κ2) is 11.9. The van der Waals surface area contributed by atoms with Gasteiger partial charge in [-0.25, -0.2) is 4.98 Å². The molecule has 0 aliphatic heterocycles. The van der Waals surface area contributed by atoms with E-state index in [1.54, 1.807) is 13.4 Å². The third kappa shape index (κ3) is 5.80. The highest BCUT2D eigenvalue weighted by Gasteiger charge is 2.32. The predicted octanol–water partition coefficient (Wildman–Crippen LogP) is 7.99. The summed E-state index contributed by atoms with van der Waals surface area (Å²) in [5.74, 6) is 3.24. The fourth-order valence-corrected chi connectivity index (χ4v) is 6.67. The van der Waals surface area contributed by atoms with Gasteiger partial charge in [0.25, 0.3) is 0 Å². The maximum atomic E-state index is 14.0. The van der Waals surface area contributed by atoms with Gasteiger partial charge in [-0.05, 0) is 93.0 Å². The Kier molecular flexibility index (Phi) is 7.91. The summed E-state index contributed by atoms with van der Waals surface area (Å²) in [6.07, 6.45) is 13.9. The molecule has 0 spiro atoms. The van der Waals surface area contributed by atoms with E-state index in [9.17, 15) is 10.1 Å². The van der Waals surface area contributed by atoms with Crippen LogP contribution in [0.1, 0.15) is 99.5 Å². The van der Waals surface area contributed by atoms with Crippen molar-refractivity contribution in [3.8, 4) is 23.1 Å². The molecule has 6 rings (SSSR count). The second-order valence-corrected chi connectivity index (χ2v) is 12.0. The summed E-state index contributed by atoms with van der Waals surface area (Å²) in [7, 11) is 1.61. The Morgan fingerprint density at radius 1 is 1.00 bits per heavy atom. The fourth-order valence-electron chi connectivity index (χ4n) is 6.67. The predicted molar refractivity (Wildman–Crippen MR) is 155 cm³/mol. The average Bonchev–Trinajstić information content (AvgIpc) is 3.75. The standard InChI is InChI=1S/C34H39N3O3/c1-39-32-17-16-27(18-29(32)20-35)24-12-10-23(11-13-24)21-37(34(38)26-6-3-2-4-7-26)30-9-5-8-28(19-30)31-22-40-33(36-31)25-14-15-25/h5,8-9,16-19,22-26H,2-4,6-7,10-15,21H2,1H3. The number of nitriles is 1. The van der Waals surface area contributed by atoms with E-state index in [1.807, 2.05) is 18.2 Å². The molecule has 40 heavy (non-hydrogen) atoms.